The van der Waals surface area contributed by atoms with Crippen LogP contribution in [0.3, 0.4) is 0 Å². The van der Waals surface area contributed by atoms with Gasteiger partial charge < -0.3 is 9.47 Å². The van der Waals surface area contributed by atoms with Crippen molar-refractivity contribution in [1.29, 1.82) is 0 Å². The number of halogens is 2. The van der Waals surface area contributed by atoms with E-state index in [-0.39, 0.29) is 23.6 Å². The largest absolute Gasteiger partial charge is 0.483 e. The molecular weight excluding hydrogens is 574 g/mol. The van der Waals surface area contributed by atoms with Gasteiger partial charge in [-0.05, 0) is 92.4 Å². The molecule has 9 nitrogen and oxygen atoms in total. The number of nitrogens with one attached hydrogen (secondary N) is 1. The van der Waals surface area contributed by atoms with Crippen LogP contribution in [0.1, 0.15) is 21.5 Å². The molecule has 0 saturated carbocycles. The van der Waals surface area contributed by atoms with Crippen molar-refractivity contribution in [2.24, 2.45) is 5.10 Å². The fourth-order valence-corrected chi connectivity index (χ4v) is 3.72. The number of nitrogens with zero attached hydrogens (tertiary/aromatic N) is 2. The predicted molar refractivity (Wildman–Crippen MR) is 132 cm³/mol. The van der Waals surface area contributed by atoms with Crippen molar-refractivity contribution in [2.45, 2.75) is 6.92 Å². The number of aryl methyl sites for hydroxylation is 1. The first-order chi connectivity index (χ1) is 16.2. The molecule has 0 unspecified atom stereocenters. The van der Waals surface area contributed by atoms with Gasteiger partial charge in [0.15, 0.2) is 6.61 Å². The van der Waals surface area contributed by atoms with E-state index in [4.69, 9.17) is 9.47 Å². The predicted octanol–water partition coefficient (Wildman–Crippen LogP) is 5.18. The van der Waals surface area contributed by atoms with Crippen LogP contribution in [0.15, 0.2) is 74.7 Å². The number of non-ortho nitro benzene ring substituents is 1. The quantitative estimate of drug-likeness (QED) is 0.127. The van der Waals surface area contributed by atoms with Crippen molar-refractivity contribution in [2.75, 3.05) is 6.61 Å². The Bertz CT molecular complexity index is 1260. The average Bonchev–Trinajstić information content (AvgIpc) is 2.80. The standard InChI is InChI=1S/C23H17Br2N3O6/c1-14-2-8-20(18(24)10-14)33-13-22(29)27-26-12-15-3-9-21(19(25)11-15)34-23(30)16-4-6-17(7-5-16)28(31)32/h2-12H,13H2,1H3,(H,27,29)/b26-12-. The van der Waals surface area contributed by atoms with E-state index >= 15 is 0 Å². The summed E-state index contributed by atoms with van der Waals surface area (Å²) in [5.74, 6) is -0.296. The molecule has 0 atom stereocenters. The van der Waals surface area contributed by atoms with Gasteiger partial charge in [0.25, 0.3) is 11.6 Å². The minimum atomic E-state index is -0.663. The number of benzene rings is 3. The summed E-state index contributed by atoms with van der Waals surface area (Å²) in [4.78, 5) is 34.4. The Morgan fingerprint density at radius 1 is 1.03 bits per heavy atom. The zero-order valence-corrected chi connectivity index (χ0v) is 20.8. The van der Waals surface area contributed by atoms with Crippen molar-refractivity contribution < 1.29 is 24.0 Å². The molecule has 0 fully saturated rings. The number of nitro benzene ring substituents is 1. The minimum absolute atomic E-state index is 0.122. The number of hydrazone groups is 1. The second-order valence-corrected chi connectivity index (χ2v) is 8.61. The van der Waals surface area contributed by atoms with Gasteiger partial charge in [-0.2, -0.15) is 5.10 Å². The van der Waals surface area contributed by atoms with Crippen LogP contribution in [0.5, 0.6) is 11.5 Å². The Morgan fingerprint density at radius 2 is 1.71 bits per heavy atom. The van der Waals surface area contributed by atoms with E-state index in [0.29, 0.717) is 15.8 Å². The van der Waals surface area contributed by atoms with Gasteiger partial charge >= 0.3 is 5.97 Å². The van der Waals surface area contributed by atoms with Crippen molar-refractivity contribution >= 4 is 55.6 Å². The molecule has 0 aliphatic carbocycles. The molecule has 0 heterocycles. The normalized spacial score (nSPS) is 10.7. The van der Waals surface area contributed by atoms with Gasteiger partial charge in [0.2, 0.25) is 0 Å². The molecule has 0 saturated heterocycles. The summed E-state index contributed by atoms with van der Waals surface area (Å²) in [7, 11) is 0. The van der Waals surface area contributed by atoms with Crippen LogP contribution in [0.2, 0.25) is 0 Å². The second-order valence-electron chi connectivity index (χ2n) is 6.90. The highest BCUT2D eigenvalue weighted by Crippen LogP contribution is 2.27. The fraction of sp³-hybridized carbons (Fsp3) is 0.0870. The molecule has 0 aliphatic rings. The van der Waals surface area contributed by atoms with Crippen LogP contribution in [0.25, 0.3) is 0 Å². The Hall–Kier alpha value is -3.57. The summed E-state index contributed by atoms with van der Waals surface area (Å²) in [6, 6.07) is 15.5. The highest BCUT2D eigenvalue weighted by atomic mass is 79.9. The van der Waals surface area contributed by atoms with E-state index in [1.54, 1.807) is 24.3 Å². The minimum Gasteiger partial charge on any atom is -0.483 e. The number of esters is 1. The van der Waals surface area contributed by atoms with E-state index < -0.39 is 16.8 Å². The first-order valence-corrected chi connectivity index (χ1v) is 11.3. The smallest absolute Gasteiger partial charge is 0.343 e. The topological polar surface area (TPSA) is 120 Å². The number of rotatable bonds is 8. The summed E-state index contributed by atoms with van der Waals surface area (Å²) >= 11 is 6.70. The molecule has 3 aromatic carbocycles. The maximum absolute atomic E-state index is 12.3. The first-order valence-electron chi connectivity index (χ1n) is 9.70. The lowest BCUT2D eigenvalue weighted by Crippen LogP contribution is -2.24. The number of carbonyl (C=O) groups is 2. The third-order valence-electron chi connectivity index (χ3n) is 4.32. The van der Waals surface area contributed by atoms with Crippen molar-refractivity contribution in [1.82, 2.24) is 5.43 Å². The van der Waals surface area contributed by atoms with Crippen molar-refractivity contribution in [3.8, 4) is 11.5 Å². The molecule has 0 spiro atoms. The maximum Gasteiger partial charge on any atom is 0.343 e. The third kappa shape index (κ3) is 6.96. The van der Waals surface area contributed by atoms with E-state index in [9.17, 15) is 19.7 Å². The molecule has 174 valence electrons. The highest BCUT2D eigenvalue weighted by molar-refractivity contribution is 9.10. The highest BCUT2D eigenvalue weighted by Gasteiger charge is 2.13. The van der Waals surface area contributed by atoms with Gasteiger partial charge in [0.05, 0.1) is 25.6 Å². The lowest BCUT2D eigenvalue weighted by atomic mass is 10.2. The number of carbonyl (C=O) groups excluding carboxylic acids is 2. The Morgan fingerprint density at radius 3 is 2.35 bits per heavy atom. The van der Waals surface area contributed by atoms with Crippen LogP contribution < -0.4 is 14.9 Å². The van der Waals surface area contributed by atoms with Gasteiger partial charge in [-0.25, -0.2) is 10.2 Å². The molecule has 1 N–H and O–H groups in total. The molecule has 11 heteroatoms. The Kier molecular flexibility index (Phi) is 8.50. The van der Waals surface area contributed by atoms with Crippen LogP contribution in [0.4, 0.5) is 5.69 Å². The molecule has 3 rings (SSSR count). The number of hydrogen-bond acceptors (Lipinski definition) is 7. The van der Waals surface area contributed by atoms with Crippen LogP contribution in [-0.2, 0) is 4.79 Å². The zero-order valence-electron chi connectivity index (χ0n) is 17.7. The average molecular weight is 591 g/mol. The lowest BCUT2D eigenvalue weighted by Gasteiger charge is -2.08. The SMILES string of the molecule is Cc1ccc(OCC(=O)N/N=C\c2ccc(OC(=O)c3ccc([N+](=O)[O-])cc3)c(Br)c2)c(Br)c1. The van der Waals surface area contributed by atoms with E-state index in [1.807, 2.05) is 19.1 Å². The molecule has 0 radical (unpaired) electrons. The van der Waals surface area contributed by atoms with E-state index in [2.05, 4.69) is 42.4 Å². The zero-order chi connectivity index (χ0) is 24.7. The van der Waals surface area contributed by atoms with Gasteiger partial charge in [0.1, 0.15) is 11.5 Å². The Balaban J connectivity index is 1.53. The maximum atomic E-state index is 12.3. The molecule has 0 aliphatic heterocycles. The number of hydrogen-bond donors (Lipinski definition) is 1. The first kappa shape index (κ1) is 25.1. The summed E-state index contributed by atoms with van der Waals surface area (Å²) < 4.78 is 12.0. The van der Waals surface area contributed by atoms with Crippen molar-refractivity contribution in [3.05, 3.63) is 96.4 Å². The van der Waals surface area contributed by atoms with Gasteiger partial charge in [-0.1, -0.05) is 6.07 Å². The van der Waals surface area contributed by atoms with E-state index in [0.717, 1.165) is 10.0 Å². The molecule has 0 aromatic heterocycles. The molecule has 1 amide bonds. The van der Waals surface area contributed by atoms with Crippen LogP contribution in [-0.4, -0.2) is 29.6 Å². The van der Waals surface area contributed by atoms with E-state index in [1.165, 1.54) is 30.5 Å². The molecule has 34 heavy (non-hydrogen) atoms. The van der Waals surface area contributed by atoms with Gasteiger partial charge in [0, 0.05) is 12.1 Å². The van der Waals surface area contributed by atoms with Crippen LogP contribution >= 0.6 is 31.9 Å². The van der Waals surface area contributed by atoms with Gasteiger partial charge in [-0.3, -0.25) is 14.9 Å². The lowest BCUT2D eigenvalue weighted by molar-refractivity contribution is -0.384. The van der Waals surface area contributed by atoms with Crippen molar-refractivity contribution in [3.63, 3.8) is 0 Å². The fourth-order valence-electron chi connectivity index (χ4n) is 2.64. The van der Waals surface area contributed by atoms with Gasteiger partial charge in [-0.15, -0.1) is 0 Å². The number of ether oxygens (including phenoxy) is 2. The summed E-state index contributed by atoms with van der Waals surface area (Å²) in [5, 5.41) is 14.6. The third-order valence-corrected chi connectivity index (χ3v) is 5.56. The molecule has 3 aromatic rings. The van der Waals surface area contributed by atoms with Crippen LogP contribution in [0, 0.1) is 17.0 Å². The Labute approximate surface area is 211 Å². The number of amides is 1. The summed E-state index contributed by atoms with van der Waals surface area (Å²) in [6.07, 6.45) is 1.42. The second kappa shape index (κ2) is 11.5. The summed E-state index contributed by atoms with van der Waals surface area (Å²) in [6.45, 7) is 1.74. The molecule has 0 bridgehead atoms. The number of nitro groups is 1. The summed E-state index contributed by atoms with van der Waals surface area (Å²) in [5.41, 5.74) is 4.11. The monoisotopic (exact) mass is 589 g/mol. The molecular formula is C23H17Br2N3O6.